The highest BCUT2D eigenvalue weighted by Gasteiger charge is 2.24. The molecule has 2 fully saturated rings. The number of furan rings is 1. The minimum absolute atomic E-state index is 0. The Morgan fingerprint density at radius 3 is 2.52 bits per heavy atom. The van der Waals surface area contributed by atoms with E-state index in [0.29, 0.717) is 6.04 Å². The number of aliphatic imine (C=N–C) groups is 1. The molecular weight excluding hydrogens is 481 g/mol. The lowest BCUT2D eigenvalue weighted by molar-refractivity contribution is 0.0220. The van der Waals surface area contributed by atoms with Crippen LogP contribution in [0.4, 0.5) is 0 Å². The quantitative estimate of drug-likeness (QED) is 0.313. The van der Waals surface area contributed by atoms with Crippen molar-refractivity contribution in [3.05, 3.63) is 24.2 Å². The van der Waals surface area contributed by atoms with Crippen LogP contribution in [0.15, 0.2) is 27.8 Å². The molecule has 3 rings (SSSR count). The Kier molecular flexibility index (Phi) is 11.3. The van der Waals surface area contributed by atoms with Crippen LogP contribution in [0.1, 0.15) is 44.9 Å². The lowest BCUT2D eigenvalue weighted by atomic mass is 10.1. The zero-order valence-electron chi connectivity index (χ0n) is 17.9. The normalized spacial score (nSPS) is 21.2. The first-order chi connectivity index (χ1) is 13.8. The van der Waals surface area contributed by atoms with Crippen molar-refractivity contribution in [3.63, 3.8) is 0 Å². The molecule has 0 saturated carbocycles. The Balaban J connectivity index is 0.00000300. The highest BCUT2D eigenvalue weighted by molar-refractivity contribution is 14.0. The van der Waals surface area contributed by atoms with E-state index in [1.807, 2.05) is 6.07 Å². The van der Waals surface area contributed by atoms with Gasteiger partial charge in [0.05, 0.1) is 32.1 Å². The predicted octanol–water partition coefficient (Wildman–Crippen LogP) is 2.70. The van der Waals surface area contributed by atoms with E-state index in [4.69, 9.17) is 14.1 Å². The maximum atomic E-state index is 5.76. The number of guanidine groups is 1. The molecule has 2 aliphatic rings. The van der Waals surface area contributed by atoms with Gasteiger partial charge in [0.15, 0.2) is 5.96 Å². The molecule has 3 heterocycles. The Morgan fingerprint density at radius 1 is 1.10 bits per heavy atom. The van der Waals surface area contributed by atoms with Crippen molar-refractivity contribution < 1.29 is 9.15 Å². The summed E-state index contributed by atoms with van der Waals surface area (Å²) in [7, 11) is 0. The van der Waals surface area contributed by atoms with Gasteiger partial charge in [-0.15, -0.1) is 24.0 Å². The molecular formula is C21H38IN5O2. The third kappa shape index (κ3) is 7.73. The van der Waals surface area contributed by atoms with Gasteiger partial charge in [-0.05, 0) is 51.9 Å². The van der Waals surface area contributed by atoms with Crippen LogP contribution in [0.25, 0.3) is 0 Å². The molecule has 0 amide bonds. The van der Waals surface area contributed by atoms with Crippen LogP contribution in [0.2, 0.25) is 0 Å². The van der Waals surface area contributed by atoms with Crippen molar-refractivity contribution in [2.24, 2.45) is 4.99 Å². The monoisotopic (exact) mass is 519 g/mol. The van der Waals surface area contributed by atoms with E-state index in [0.717, 1.165) is 70.7 Å². The molecule has 2 N–H and O–H groups in total. The van der Waals surface area contributed by atoms with Gasteiger partial charge >= 0.3 is 0 Å². The third-order valence-electron chi connectivity index (χ3n) is 5.69. The summed E-state index contributed by atoms with van der Waals surface area (Å²) in [5, 5.41) is 6.95. The van der Waals surface area contributed by atoms with Gasteiger partial charge in [-0.3, -0.25) is 14.8 Å². The Bertz CT molecular complexity index is 572. The van der Waals surface area contributed by atoms with E-state index in [1.54, 1.807) is 6.26 Å². The molecule has 2 saturated heterocycles. The standard InChI is InChI=1S/C21H37N5O2.HI/c1-3-22-21(23-16-18(2)25-11-14-27-15-12-25)24-17-19(20-8-7-13-28-20)26-9-5-4-6-10-26;/h7-8,13,18-19H,3-6,9-12,14-17H2,1-2H3,(H2,22,23,24);1H. The van der Waals surface area contributed by atoms with E-state index < -0.39 is 0 Å². The van der Waals surface area contributed by atoms with E-state index in [9.17, 15) is 0 Å². The molecule has 2 unspecified atom stereocenters. The molecule has 0 radical (unpaired) electrons. The van der Waals surface area contributed by atoms with Crippen LogP contribution in [0, 0.1) is 0 Å². The summed E-state index contributed by atoms with van der Waals surface area (Å²) in [5.41, 5.74) is 0. The number of morpholine rings is 1. The van der Waals surface area contributed by atoms with Crippen LogP contribution in [0.5, 0.6) is 0 Å². The topological polar surface area (TPSA) is 65.3 Å². The first kappa shape index (κ1) is 24.4. The Hall–Kier alpha value is -0.840. The van der Waals surface area contributed by atoms with Gasteiger partial charge in [0, 0.05) is 32.2 Å². The molecule has 166 valence electrons. The third-order valence-corrected chi connectivity index (χ3v) is 5.69. The van der Waals surface area contributed by atoms with Crippen LogP contribution in [0.3, 0.4) is 0 Å². The fourth-order valence-electron chi connectivity index (χ4n) is 4.01. The largest absolute Gasteiger partial charge is 0.468 e. The molecule has 2 atom stereocenters. The smallest absolute Gasteiger partial charge is 0.191 e. The molecule has 0 aliphatic carbocycles. The minimum Gasteiger partial charge on any atom is -0.468 e. The fourth-order valence-corrected chi connectivity index (χ4v) is 4.01. The maximum absolute atomic E-state index is 5.76. The van der Waals surface area contributed by atoms with Crippen LogP contribution >= 0.6 is 24.0 Å². The van der Waals surface area contributed by atoms with Crippen molar-refractivity contribution >= 4 is 29.9 Å². The van der Waals surface area contributed by atoms with Gasteiger partial charge in [-0.25, -0.2) is 0 Å². The van der Waals surface area contributed by atoms with Crippen molar-refractivity contribution in [2.75, 3.05) is 59.0 Å². The highest BCUT2D eigenvalue weighted by Crippen LogP contribution is 2.24. The van der Waals surface area contributed by atoms with Gasteiger partial charge in [-0.2, -0.15) is 0 Å². The van der Waals surface area contributed by atoms with Crippen molar-refractivity contribution in [2.45, 2.75) is 45.2 Å². The number of rotatable bonds is 8. The molecule has 0 bridgehead atoms. The number of nitrogens with zero attached hydrogens (tertiary/aromatic N) is 3. The second kappa shape index (κ2) is 13.5. The summed E-state index contributed by atoms with van der Waals surface area (Å²) in [6, 6.07) is 4.74. The lowest BCUT2D eigenvalue weighted by Crippen LogP contribution is -2.46. The summed E-state index contributed by atoms with van der Waals surface area (Å²) >= 11 is 0. The SMILES string of the molecule is CCNC(=NCC(C)N1CCOCC1)NCC(c1ccco1)N1CCCCC1.I. The number of piperidine rings is 1. The molecule has 8 heteroatoms. The molecule has 0 spiro atoms. The van der Waals surface area contributed by atoms with Crippen LogP contribution in [-0.2, 0) is 4.74 Å². The average molecular weight is 519 g/mol. The number of ether oxygens (including phenoxy) is 1. The molecule has 0 aromatic carbocycles. The number of hydrogen-bond donors (Lipinski definition) is 2. The zero-order chi connectivity index (χ0) is 19.6. The Labute approximate surface area is 192 Å². The van der Waals surface area contributed by atoms with Crippen molar-refractivity contribution in [1.29, 1.82) is 0 Å². The molecule has 29 heavy (non-hydrogen) atoms. The number of nitrogens with one attached hydrogen (secondary N) is 2. The Morgan fingerprint density at radius 2 is 1.86 bits per heavy atom. The lowest BCUT2D eigenvalue weighted by Gasteiger charge is -2.34. The van der Waals surface area contributed by atoms with Gasteiger partial charge in [-0.1, -0.05) is 6.42 Å². The van der Waals surface area contributed by atoms with Gasteiger partial charge < -0.3 is 19.8 Å². The van der Waals surface area contributed by atoms with E-state index in [-0.39, 0.29) is 30.0 Å². The molecule has 1 aromatic rings. The summed E-state index contributed by atoms with van der Waals surface area (Å²) in [6.45, 7) is 12.7. The number of hydrogen-bond acceptors (Lipinski definition) is 5. The van der Waals surface area contributed by atoms with E-state index >= 15 is 0 Å². The van der Waals surface area contributed by atoms with Crippen molar-refractivity contribution in [3.8, 4) is 0 Å². The first-order valence-corrected chi connectivity index (χ1v) is 10.9. The summed E-state index contributed by atoms with van der Waals surface area (Å²) in [6.07, 6.45) is 5.64. The predicted molar refractivity (Wildman–Crippen MR) is 128 cm³/mol. The van der Waals surface area contributed by atoms with Gasteiger partial charge in [0.25, 0.3) is 0 Å². The van der Waals surface area contributed by atoms with E-state index in [1.165, 1.54) is 19.3 Å². The second-order valence-electron chi connectivity index (χ2n) is 7.73. The molecule has 1 aromatic heterocycles. The average Bonchev–Trinajstić information content (AvgIpc) is 3.28. The van der Waals surface area contributed by atoms with Crippen molar-refractivity contribution in [1.82, 2.24) is 20.4 Å². The summed E-state index contributed by atoms with van der Waals surface area (Å²) in [5.74, 6) is 1.92. The summed E-state index contributed by atoms with van der Waals surface area (Å²) in [4.78, 5) is 9.84. The molecule has 2 aliphatic heterocycles. The fraction of sp³-hybridized carbons (Fsp3) is 0.762. The molecule has 7 nitrogen and oxygen atoms in total. The first-order valence-electron chi connectivity index (χ1n) is 10.9. The highest BCUT2D eigenvalue weighted by atomic mass is 127. The minimum atomic E-state index is 0. The zero-order valence-corrected chi connectivity index (χ0v) is 20.3. The second-order valence-corrected chi connectivity index (χ2v) is 7.73. The summed E-state index contributed by atoms with van der Waals surface area (Å²) < 4.78 is 11.2. The maximum Gasteiger partial charge on any atom is 0.191 e. The number of likely N-dealkylation sites (tertiary alicyclic amines) is 1. The van der Waals surface area contributed by atoms with Gasteiger partial charge in [0.1, 0.15) is 5.76 Å². The number of halogens is 1. The van der Waals surface area contributed by atoms with Crippen LogP contribution in [-0.4, -0.2) is 80.8 Å². The van der Waals surface area contributed by atoms with Gasteiger partial charge in [0.2, 0.25) is 0 Å². The van der Waals surface area contributed by atoms with E-state index in [2.05, 4.69) is 40.3 Å². The van der Waals surface area contributed by atoms with Crippen LogP contribution < -0.4 is 10.6 Å².